The average Bonchev–Trinajstić information content (AvgIpc) is 2.80. The highest BCUT2D eigenvalue weighted by molar-refractivity contribution is 5.06. The Balaban J connectivity index is 2.23. The van der Waals surface area contributed by atoms with Crippen LogP contribution in [0.25, 0.3) is 0 Å². The molecule has 1 aromatic heterocycles. The Kier molecular flexibility index (Phi) is 3.20. The molecule has 1 aliphatic rings. The molecule has 1 fully saturated rings. The van der Waals surface area contributed by atoms with Gasteiger partial charge in [-0.3, -0.25) is 0 Å². The lowest BCUT2D eigenvalue weighted by Crippen LogP contribution is -2.42. The second kappa shape index (κ2) is 4.36. The van der Waals surface area contributed by atoms with Gasteiger partial charge in [-0.1, -0.05) is 5.16 Å². The summed E-state index contributed by atoms with van der Waals surface area (Å²) < 4.78 is 15.9. The molecule has 2 N–H and O–H groups in total. The standard InChI is InChI=1S/C11H19N3O3/c1-10(2,15-3)8-13-9(17-14-8)11(12)4-6-16-7-5-11/h4-7,12H2,1-3H3. The third-order valence-electron chi connectivity index (χ3n) is 3.29. The van der Waals surface area contributed by atoms with Crippen LogP contribution in [0.15, 0.2) is 4.52 Å². The molecule has 0 spiro atoms. The quantitative estimate of drug-likeness (QED) is 0.847. The number of nitrogens with zero attached hydrogens (tertiary/aromatic N) is 2. The largest absolute Gasteiger partial charge is 0.381 e. The van der Waals surface area contributed by atoms with Gasteiger partial charge in [0.1, 0.15) is 11.1 Å². The molecule has 0 unspecified atom stereocenters. The summed E-state index contributed by atoms with van der Waals surface area (Å²) in [4.78, 5) is 4.36. The molecule has 1 aromatic rings. The Morgan fingerprint density at radius 3 is 2.59 bits per heavy atom. The molecule has 2 rings (SSSR count). The first kappa shape index (κ1) is 12.5. The van der Waals surface area contributed by atoms with E-state index in [1.54, 1.807) is 7.11 Å². The van der Waals surface area contributed by atoms with Crippen molar-refractivity contribution in [2.45, 2.75) is 37.8 Å². The average molecular weight is 241 g/mol. The highest BCUT2D eigenvalue weighted by Crippen LogP contribution is 2.30. The highest BCUT2D eigenvalue weighted by atomic mass is 16.5. The van der Waals surface area contributed by atoms with E-state index in [4.69, 9.17) is 19.7 Å². The molecule has 6 heteroatoms. The van der Waals surface area contributed by atoms with Crippen LogP contribution in [0.3, 0.4) is 0 Å². The van der Waals surface area contributed by atoms with Crippen molar-refractivity contribution >= 4 is 0 Å². The van der Waals surface area contributed by atoms with Crippen molar-refractivity contribution in [1.29, 1.82) is 0 Å². The summed E-state index contributed by atoms with van der Waals surface area (Å²) in [5.74, 6) is 0.993. The minimum atomic E-state index is -0.566. The van der Waals surface area contributed by atoms with Crippen molar-refractivity contribution in [3.63, 3.8) is 0 Å². The van der Waals surface area contributed by atoms with Gasteiger partial charge in [0.05, 0.1) is 0 Å². The summed E-state index contributed by atoms with van der Waals surface area (Å²) in [6, 6.07) is 0. The third kappa shape index (κ3) is 2.34. The predicted octanol–water partition coefficient (Wildman–Crippen LogP) is 0.916. The molecule has 96 valence electrons. The van der Waals surface area contributed by atoms with Crippen LogP contribution in [0, 0.1) is 0 Å². The van der Waals surface area contributed by atoms with Crippen molar-refractivity contribution in [3.05, 3.63) is 11.7 Å². The van der Waals surface area contributed by atoms with Crippen molar-refractivity contribution in [3.8, 4) is 0 Å². The van der Waals surface area contributed by atoms with Crippen molar-refractivity contribution in [1.82, 2.24) is 10.1 Å². The Labute approximate surface area is 100 Å². The second-order valence-corrected chi connectivity index (χ2v) is 4.91. The van der Waals surface area contributed by atoms with E-state index in [2.05, 4.69) is 10.1 Å². The molecule has 6 nitrogen and oxygen atoms in total. The molecule has 1 saturated heterocycles. The Bertz CT molecular complexity index is 383. The number of hydrogen-bond acceptors (Lipinski definition) is 6. The molecule has 0 radical (unpaired) electrons. The van der Waals surface area contributed by atoms with E-state index >= 15 is 0 Å². The van der Waals surface area contributed by atoms with E-state index in [-0.39, 0.29) is 0 Å². The first-order valence-electron chi connectivity index (χ1n) is 5.74. The Hall–Kier alpha value is -0.980. The first-order chi connectivity index (χ1) is 7.98. The molecule has 0 aliphatic carbocycles. The monoisotopic (exact) mass is 241 g/mol. The normalized spacial score (nSPS) is 20.5. The second-order valence-electron chi connectivity index (χ2n) is 4.91. The van der Waals surface area contributed by atoms with Crippen molar-refractivity contribution in [2.75, 3.05) is 20.3 Å². The smallest absolute Gasteiger partial charge is 0.247 e. The zero-order valence-corrected chi connectivity index (χ0v) is 10.5. The van der Waals surface area contributed by atoms with Crippen LogP contribution in [0.4, 0.5) is 0 Å². The summed E-state index contributed by atoms with van der Waals surface area (Å²) in [7, 11) is 1.61. The molecular weight excluding hydrogens is 222 g/mol. The highest BCUT2D eigenvalue weighted by Gasteiger charge is 2.37. The molecule has 0 saturated carbocycles. The summed E-state index contributed by atoms with van der Waals surface area (Å²) in [5.41, 5.74) is 5.13. The molecule has 0 atom stereocenters. The molecular formula is C11H19N3O3. The molecule has 0 bridgehead atoms. The number of methoxy groups -OCH3 is 1. The lowest BCUT2D eigenvalue weighted by atomic mass is 9.91. The van der Waals surface area contributed by atoms with Crippen LogP contribution in [-0.2, 0) is 20.6 Å². The number of hydrogen-bond donors (Lipinski definition) is 1. The zero-order valence-electron chi connectivity index (χ0n) is 10.5. The van der Waals surface area contributed by atoms with Gasteiger partial charge in [-0.2, -0.15) is 4.98 Å². The van der Waals surface area contributed by atoms with Gasteiger partial charge in [0.2, 0.25) is 11.7 Å². The summed E-state index contributed by atoms with van der Waals surface area (Å²) in [6.07, 6.45) is 1.39. The minimum absolute atomic E-state index is 0.473. The third-order valence-corrected chi connectivity index (χ3v) is 3.29. The van der Waals surface area contributed by atoms with Crippen molar-refractivity contribution in [2.24, 2.45) is 5.73 Å². The fraction of sp³-hybridized carbons (Fsp3) is 0.818. The van der Waals surface area contributed by atoms with Gasteiger partial charge < -0.3 is 19.7 Å². The van der Waals surface area contributed by atoms with Crippen LogP contribution in [0.5, 0.6) is 0 Å². The van der Waals surface area contributed by atoms with Gasteiger partial charge in [-0.05, 0) is 26.7 Å². The predicted molar refractivity (Wildman–Crippen MR) is 60.3 cm³/mol. The summed E-state index contributed by atoms with van der Waals surface area (Å²) >= 11 is 0. The van der Waals surface area contributed by atoms with E-state index in [0.29, 0.717) is 37.8 Å². The summed E-state index contributed by atoms with van der Waals surface area (Å²) in [6.45, 7) is 5.02. The van der Waals surface area contributed by atoms with E-state index < -0.39 is 11.1 Å². The molecule has 0 amide bonds. The molecule has 0 aromatic carbocycles. The Morgan fingerprint density at radius 2 is 2.00 bits per heavy atom. The molecule has 1 aliphatic heterocycles. The van der Waals surface area contributed by atoms with Gasteiger partial charge in [-0.15, -0.1) is 0 Å². The van der Waals surface area contributed by atoms with Gasteiger partial charge in [0.15, 0.2) is 0 Å². The maximum absolute atomic E-state index is 6.26. The maximum Gasteiger partial charge on any atom is 0.247 e. The lowest BCUT2D eigenvalue weighted by Gasteiger charge is -2.29. The van der Waals surface area contributed by atoms with Crippen LogP contribution >= 0.6 is 0 Å². The fourth-order valence-corrected chi connectivity index (χ4v) is 1.71. The molecule has 2 heterocycles. The first-order valence-corrected chi connectivity index (χ1v) is 5.74. The Morgan fingerprint density at radius 1 is 1.35 bits per heavy atom. The van der Waals surface area contributed by atoms with Gasteiger partial charge in [0.25, 0.3) is 0 Å². The van der Waals surface area contributed by atoms with Crippen molar-refractivity contribution < 1.29 is 14.0 Å². The topological polar surface area (TPSA) is 83.4 Å². The number of nitrogens with two attached hydrogens (primary N) is 1. The zero-order chi connectivity index (χ0) is 12.5. The fourth-order valence-electron chi connectivity index (χ4n) is 1.71. The van der Waals surface area contributed by atoms with E-state index in [9.17, 15) is 0 Å². The van der Waals surface area contributed by atoms with Crippen LogP contribution in [0.2, 0.25) is 0 Å². The maximum atomic E-state index is 6.26. The van der Waals surface area contributed by atoms with Gasteiger partial charge >= 0.3 is 0 Å². The number of ether oxygens (including phenoxy) is 2. The number of rotatable bonds is 3. The number of aromatic nitrogens is 2. The van der Waals surface area contributed by atoms with Gasteiger partial charge in [0, 0.05) is 20.3 Å². The minimum Gasteiger partial charge on any atom is -0.381 e. The van der Waals surface area contributed by atoms with Crippen LogP contribution in [0.1, 0.15) is 38.4 Å². The van der Waals surface area contributed by atoms with Gasteiger partial charge in [-0.25, -0.2) is 0 Å². The van der Waals surface area contributed by atoms with E-state index in [0.717, 1.165) is 0 Å². The van der Waals surface area contributed by atoms with E-state index in [1.807, 2.05) is 13.8 Å². The lowest BCUT2D eigenvalue weighted by molar-refractivity contribution is 0.00972. The molecule has 17 heavy (non-hydrogen) atoms. The van der Waals surface area contributed by atoms with Crippen LogP contribution < -0.4 is 5.73 Å². The SMILES string of the molecule is COC(C)(C)c1noc(C2(N)CCOCC2)n1. The summed E-state index contributed by atoms with van der Waals surface area (Å²) in [5, 5.41) is 3.95. The van der Waals surface area contributed by atoms with Crippen LogP contribution in [-0.4, -0.2) is 30.5 Å². The van der Waals surface area contributed by atoms with E-state index in [1.165, 1.54) is 0 Å².